The van der Waals surface area contributed by atoms with Gasteiger partial charge in [0.05, 0.1) is 0 Å². The van der Waals surface area contributed by atoms with E-state index in [0.29, 0.717) is 17.7 Å². The molecule has 2 aliphatic rings. The van der Waals surface area contributed by atoms with E-state index in [-0.39, 0.29) is 12.0 Å². The summed E-state index contributed by atoms with van der Waals surface area (Å²) in [6.07, 6.45) is 3.87. The predicted molar refractivity (Wildman–Crippen MR) is 59.5 cm³/mol. The molecule has 1 saturated carbocycles. The van der Waals surface area contributed by atoms with Crippen molar-refractivity contribution < 1.29 is 9.53 Å². The number of amides is 1. The standard InChI is InChI=1S/C10H13N3O2S/c14-8(7-2-1-5-15-7)11-10-13-12-9(16-10)6-3-4-6/h6-7H,1-5H2,(H,11,13,14)/t7-/m1/s1. The lowest BCUT2D eigenvalue weighted by atomic mass is 10.2. The smallest absolute Gasteiger partial charge is 0.255 e. The first-order chi connectivity index (χ1) is 7.83. The fourth-order valence-corrected chi connectivity index (χ4v) is 2.67. The average molecular weight is 239 g/mol. The lowest BCUT2D eigenvalue weighted by Crippen LogP contribution is -2.26. The zero-order valence-electron chi connectivity index (χ0n) is 8.81. The maximum Gasteiger partial charge on any atom is 0.255 e. The summed E-state index contributed by atoms with van der Waals surface area (Å²) in [5, 5.41) is 12.5. The van der Waals surface area contributed by atoms with Crippen molar-refractivity contribution in [2.24, 2.45) is 0 Å². The van der Waals surface area contributed by atoms with Crippen LogP contribution in [-0.2, 0) is 9.53 Å². The van der Waals surface area contributed by atoms with Crippen LogP contribution < -0.4 is 5.32 Å². The van der Waals surface area contributed by atoms with Gasteiger partial charge < -0.3 is 4.74 Å². The second kappa shape index (κ2) is 4.10. The zero-order valence-corrected chi connectivity index (χ0v) is 9.63. The number of aromatic nitrogens is 2. The minimum absolute atomic E-state index is 0.0870. The molecule has 2 heterocycles. The van der Waals surface area contributed by atoms with Crippen molar-refractivity contribution >= 4 is 22.4 Å². The van der Waals surface area contributed by atoms with Crippen LogP contribution in [0.2, 0.25) is 0 Å². The molecule has 0 radical (unpaired) electrons. The fourth-order valence-electron chi connectivity index (χ4n) is 1.75. The van der Waals surface area contributed by atoms with Gasteiger partial charge in [0.15, 0.2) is 0 Å². The molecule has 86 valence electrons. The molecule has 1 aliphatic heterocycles. The molecule has 1 aliphatic carbocycles. The van der Waals surface area contributed by atoms with E-state index in [1.54, 1.807) is 0 Å². The highest BCUT2D eigenvalue weighted by molar-refractivity contribution is 7.15. The van der Waals surface area contributed by atoms with Gasteiger partial charge in [-0.1, -0.05) is 11.3 Å². The van der Waals surface area contributed by atoms with Gasteiger partial charge in [0.25, 0.3) is 5.91 Å². The Kier molecular flexibility index (Phi) is 2.61. The summed E-state index contributed by atoms with van der Waals surface area (Å²) in [4.78, 5) is 11.7. The summed E-state index contributed by atoms with van der Waals surface area (Å²) in [6.45, 7) is 0.682. The van der Waals surface area contributed by atoms with E-state index < -0.39 is 0 Å². The first-order valence-corrected chi connectivity index (χ1v) is 6.40. The highest BCUT2D eigenvalue weighted by atomic mass is 32.1. The molecule has 0 aromatic carbocycles. The van der Waals surface area contributed by atoms with Crippen LogP contribution in [0, 0.1) is 0 Å². The van der Waals surface area contributed by atoms with E-state index in [4.69, 9.17) is 4.74 Å². The van der Waals surface area contributed by atoms with Crippen LogP contribution in [0.3, 0.4) is 0 Å². The maximum absolute atomic E-state index is 11.7. The summed E-state index contributed by atoms with van der Waals surface area (Å²) < 4.78 is 5.30. The third-order valence-corrected chi connectivity index (χ3v) is 3.82. The van der Waals surface area contributed by atoms with Gasteiger partial charge in [-0.3, -0.25) is 10.1 Å². The summed E-state index contributed by atoms with van der Waals surface area (Å²) >= 11 is 1.48. The van der Waals surface area contributed by atoms with Crippen LogP contribution in [-0.4, -0.2) is 28.8 Å². The van der Waals surface area contributed by atoms with E-state index in [2.05, 4.69) is 15.5 Å². The molecule has 1 N–H and O–H groups in total. The second-order valence-electron chi connectivity index (χ2n) is 4.21. The molecule has 0 bridgehead atoms. The van der Waals surface area contributed by atoms with Crippen molar-refractivity contribution in [3.05, 3.63) is 5.01 Å². The first kappa shape index (κ1) is 10.2. The largest absolute Gasteiger partial charge is 0.368 e. The molecular formula is C10H13N3O2S. The SMILES string of the molecule is O=C(Nc1nnc(C2CC2)s1)[C@H]1CCCO1. The van der Waals surface area contributed by atoms with Gasteiger partial charge in [0.1, 0.15) is 11.1 Å². The van der Waals surface area contributed by atoms with Gasteiger partial charge in [0, 0.05) is 12.5 Å². The molecule has 0 unspecified atom stereocenters. The van der Waals surface area contributed by atoms with Gasteiger partial charge in [-0.05, 0) is 25.7 Å². The number of anilines is 1. The minimum atomic E-state index is -0.298. The third-order valence-electron chi connectivity index (χ3n) is 2.82. The van der Waals surface area contributed by atoms with E-state index in [1.807, 2.05) is 0 Å². The molecule has 16 heavy (non-hydrogen) atoms. The number of nitrogens with zero attached hydrogens (tertiary/aromatic N) is 2. The summed E-state index contributed by atoms with van der Waals surface area (Å²) in [5.74, 6) is 0.502. The first-order valence-electron chi connectivity index (χ1n) is 5.59. The lowest BCUT2D eigenvalue weighted by molar-refractivity contribution is -0.124. The lowest BCUT2D eigenvalue weighted by Gasteiger charge is -2.06. The number of carbonyl (C=O) groups is 1. The van der Waals surface area contributed by atoms with E-state index >= 15 is 0 Å². The van der Waals surface area contributed by atoms with Crippen molar-refractivity contribution in [1.29, 1.82) is 0 Å². The summed E-state index contributed by atoms with van der Waals surface area (Å²) in [7, 11) is 0. The quantitative estimate of drug-likeness (QED) is 0.868. The van der Waals surface area contributed by atoms with Crippen LogP contribution in [0.5, 0.6) is 0 Å². The van der Waals surface area contributed by atoms with Gasteiger partial charge in [-0.15, -0.1) is 10.2 Å². The Morgan fingerprint density at radius 2 is 2.25 bits per heavy atom. The van der Waals surface area contributed by atoms with Gasteiger partial charge in [0.2, 0.25) is 5.13 Å². The Balaban J connectivity index is 1.61. The second-order valence-corrected chi connectivity index (χ2v) is 5.22. The van der Waals surface area contributed by atoms with Crippen LogP contribution in [0.15, 0.2) is 0 Å². The minimum Gasteiger partial charge on any atom is -0.368 e. The Labute approximate surface area is 97.2 Å². The molecule has 0 spiro atoms. The van der Waals surface area contributed by atoms with Crippen molar-refractivity contribution in [3.63, 3.8) is 0 Å². The molecule has 3 rings (SSSR count). The molecule has 5 nitrogen and oxygen atoms in total. The highest BCUT2D eigenvalue weighted by Gasteiger charge is 2.29. The van der Waals surface area contributed by atoms with Crippen molar-refractivity contribution in [3.8, 4) is 0 Å². The molecule has 6 heteroatoms. The van der Waals surface area contributed by atoms with Crippen LogP contribution >= 0.6 is 11.3 Å². The van der Waals surface area contributed by atoms with Crippen LogP contribution in [0.4, 0.5) is 5.13 Å². The predicted octanol–water partition coefficient (Wildman–Crippen LogP) is 1.53. The fraction of sp³-hybridized carbons (Fsp3) is 0.700. The number of carbonyl (C=O) groups excluding carboxylic acids is 1. The maximum atomic E-state index is 11.7. The van der Waals surface area contributed by atoms with Crippen LogP contribution in [0.25, 0.3) is 0 Å². The molecule has 1 saturated heterocycles. The van der Waals surface area contributed by atoms with Crippen molar-refractivity contribution in [1.82, 2.24) is 10.2 Å². The number of ether oxygens (including phenoxy) is 1. The normalized spacial score (nSPS) is 24.6. The van der Waals surface area contributed by atoms with E-state index in [0.717, 1.165) is 17.8 Å². The van der Waals surface area contributed by atoms with Gasteiger partial charge in [-0.25, -0.2) is 0 Å². The molecule has 1 amide bonds. The number of hydrogen-bond donors (Lipinski definition) is 1. The summed E-state index contributed by atoms with van der Waals surface area (Å²) in [6, 6.07) is 0. The van der Waals surface area contributed by atoms with Crippen LogP contribution in [0.1, 0.15) is 36.6 Å². The number of hydrogen-bond acceptors (Lipinski definition) is 5. The molecule has 1 aromatic rings. The topological polar surface area (TPSA) is 64.1 Å². The Hall–Kier alpha value is -1.01. The Bertz CT molecular complexity index is 397. The molecular weight excluding hydrogens is 226 g/mol. The number of nitrogens with one attached hydrogen (secondary N) is 1. The Morgan fingerprint density at radius 3 is 2.94 bits per heavy atom. The monoisotopic (exact) mass is 239 g/mol. The zero-order chi connectivity index (χ0) is 11.0. The Morgan fingerprint density at radius 1 is 1.38 bits per heavy atom. The van der Waals surface area contributed by atoms with E-state index in [9.17, 15) is 4.79 Å². The molecule has 1 atom stereocenters. The van der Waals surface area contributed by atoms with Gasteiger partial charge in [-0.2, -0.15) is 0 Å². The van der Waals surface area contributed by atoms with Crippen molar-refractivity contribution in [2.75, 3.05) is 11.9 Å². The van der Waals surface area contributed by atoms with Crippen molar-refractivity contribution in [2.45, 2.75) is 37.7 Å². The molecule has 1 aromatic heterocycles. The van der Waals surface area contributed by atoms with E-state index in [1.165, 1.54) is 24.2 Å². The highest BCUT2D eigenvalue weighted by Crippen LogP contribution is 2.42. The van der Waals surface area contributed by atoms with Gasteiger partial charge >= 0.3 is 0 Å². The average Bonchev–Trinajstić information content (AvgIpc) is 2.82. The summed E-state index contributed by atoms with van der Waals surface area (Å²) in [5.41, 5.74) is 0. The number of rotatable bonds is 3. The third kappa shape index (κ3) is 2.08. The molecule has 2 fully saturated rings.